The zero-order chi connectivity index (χ0) is 24.1. The fraction of sp³-hybridized carbons (Fsp3) is 0.522. The summed E-state index contributed by atoms with van der Waals surface area (Å²) in [5.74, 6) is -2.12. The molecule has 4 aliphatic rings. The fourth-order valence-electron chi connectivity index (χ4n) is 5.95. The average Bonchev–Trinajstić information content (AvgIpc) is 3.19. The van der Waals surface area contributed by atoms with Crippen molar-refractivity contribution in [3.63, 3.8) is 0 Å². The molecule has 9 nitrogen and oxygen atoms in total. The maximum Gasteiger partial charge on any atom is 0.307 e. The van der Waals surface area contributed by atoms with E-state index in [1.807, 2.05) is 0 Å². The van der Waals surface area contributed by atoms with Crippen LogP contribution >= 0.6 is 22.9 Å². The molecule has 2 aromatic rings. The molecule has 1 aromatic heterocycles. The van der Waals surface area contributed by atoms with Gasteiger partial charge >= 0.3 is 5.97 Å². The Bertz CT molecular complexity index is 1180. The van der Waals surface area contributed by atoms with Crippen molar-refractivity contribution in [2.75, 3.05) is 26.2 Å². The minimum atomic E-state index is -0.874. The Labute approximate surface area is 204 Å². The summed E-state index contributed by atoms with van der Waals surface area (Å²) in [6.45, 7) is 1.35. The van der Waals surface area contributed by atoms with Gasteiger partial charge in [-0.05, 0) is 43.6 Å². The lowest BCUT2D eigenvalue weighted by Gasteiger charge is -2.48. The van der Waals surface area contributed by atoms with Crippen molar-refractivity contribution in [2.24, 2.45) is 23.7 Å². The first-order valence-corrected chi connectivity index (χ1v) is 12.6. The maximum absolute atomic E-state index is 13.3. The van der Waals surface area contributed by atoms with Crippen LogP contribution in [0.15, 0.2) is 18.2 Å². The number of nitrogens with zero attached hydrogens (tertiary/aromatic N) is 3. The van der Waals surface area contributed by atoms with Crippen LogP contribution in [0.25, 0.3) is 10.1 Å². The van der Waals surface area contributed by atoms with Crippen LogP contribution in [0.5, 0.6) is 0 Å². The number of fused-ring (bicyclic) bond motifs is 4. The number of carboxylic acid groups (broad SMARTS) is 1. The summed E-state index contributed by atoms with van der Waals surface area (Å²) in [7, 11) is 0. The SMILES string of the molecule is O=C(O)[C@H]1C2CCC(CC2)[C@@H]1C(=O)N1CCN(C(=O)c2sc3cc([N+](=O)[O-])ccc3c2Cl)CC1. The van der Waals surface area contributed by atoms with Crippen LogP contribution in [0.2, 0.25) is 5.02 Å². The number of hydrogen-bond acceptors (Lipinski definition) is 6. The van der Waals surface area contributed by atoms with Crippen LogP contribution in [0, 0.1) is 33.8 Å². The van der Waals surface area contributed by atoms with E-state index in [1.54, 1.807) is 15.9 Å². The molecule has 2 heterocycles. The van der Waals surface area contributed by atoms with E-state index >= 15 is 0 Å². The molecule has 2 amide bonds. The number of hydrogen-bond donors (Lipinski definition) is 1. The molecule has 3 saturated carbocycles. The van der Waals surface area contributed by atoms with Crippen molar-refractivity contribution < 1.29 is 24.4 Å². The number of amides is 2. The molecule has 6 rings (SSSR count). The third-order valence-electron chi connectivity index (χ3n) is 7.69. The van der Waals surface area contributed by atoms with Gasteiger partial charge in [0.2, 0.25) is 5.91 Å². The number of carbonyl (C=O) groups excluding carboxylic acids is 2. The van der Waals surface area contributed by atoms with Crippen molar-refractivity contribution in [1.82, 2.24) is 9.80 Å². The Morgan fingerprint density at radius 1 is 1.00 bits per heavy atom. The minimum Gasteiger partial charge on any atom is -0.481 e. The number of halogens is 1. The van der Waals surface area contributed by atoms with Gasteiger partial charge in [-0.1, -0.05) is 11.6 Å². The Morgan fingerprint density at radius 2 is 1.59 bits per heavy atom. The van der Waals surface area contributed by atoms with Crippen molar-refractivity contribution in [3.8, 4) is 0 Å². The third kappa shape index (κ3) is 3.82. The molecule has 4 fully saturated rings. The predicted octanol–water partition coefficient (Wildman–Crippen LogP) is 3.88. The van der Waals surface area contributed by atoms with Gasteiger partial charge in [0.1, 0.15) is 4.88 Å². The highest BCUT2D eigenvalue weighted by molar-refractivity contribution is 7.21. The Kier molecular flexibility index (Phi) is 5.97. The summed E-state index contributed by atoms with van der Waals surface area (Å²) >= 11 is 7.56. The fourth-order valence-corrected chi connectivity index (χ4v) is 7.46. The standard InChI is InChI=1S/C23H24ClN3O6S/c24-19-15-6-5-14(27(32)33)11-16(15)34-20(19)22(29)26-9-7-25(8-10-26)21(28)17-12-1-3-13(4-2-12)18(17)23(30)31/h5-6,11-13,17-18H,1-4,7-10H2,(H,30,31)/t12?,13?,17-,18-/m0/s1. The zero-order valence-electron chi connectivity index (χ0n) is 18.3. The summed E-state index contributed by atoms with van der Waals surface area (Å²) in [5, 5.41) is 21.7. The van der Waals surface area contributed by atoms with Gasteiger partial charge in [0.25, 0.3) is 11.6 Å². The van der Waals surface area contributed by atoms with Gasteiger partial charge in [-0.25, -0.2) is 0 Å². The van der Waals surface area contributed by atoms with Gasteiger partial charge in [-0.3, -0.25) is 24.5 Å². The molecule has 34 heavy (non-hydrogen) atoms. The van der Waals surface area contributed by atoms with Gasteiger partial charge in [0.15, 0.2) is 0 Å². The molecule has 2 bridgehead atoms. The number of thiophene rings is 1. The number of carboxylic acids is 1. The second-order valence-electron chi connectivity index (χ2n) is 9.36. The molecule has 2 atom stereocenters. The number of carbonyl (C=O) groups is 3. The molecule has 11 heteroatoms. The van der Waals surface area contributed by atoms with Gasteiger partial charge in [-0.15, -0.1) is 11.3 Å². The molecular weight excluding hydrogens is 482 g/mol. The van der Waals surface area contributed by atoms with Crippen LogP contribution in [0.4, 0.5) is 5.69 Å². The van der Waals surface area contributed by atoms with E-state index in [9.17, 15) is 29.6 Å². The second-order valence-corrected chi connectivity index (χ2v) is 10.8. The highest BCUT2D eigenvalue weighted by Gasteiger charge is 2.51. The van der Waals surface area contributed by atoms with Gasteiger partial charge in [0, 0.05) is 48.4 Å². The van der Waals surface area contributed by atoms with E-state index < -0.39 is 22.7 Å². The Morgan fingerprint density at radius 3 is 2.18 bits per heavy atom. The Hall–Kier alpha value is -2.72. The number of nitro benzene ring substituents is 1. The van der Waals surface area contributed by atoms with E-state index in [1.165, 1.54) is 12.1 Å². The first-order chi connectivity index (χ1) is 16.3. The van der Waals surface area contributed by atoms with Crippen molar-refractivity contribution >= 4 is 56.5 Å². The minimum absolute atomic E-state index is 0.0624. The molecule has 3 aliphatic carbocycles. The van der Waals surface area contributed by atoms with Gasteiger partial charge in [-0.2, -0.15) is 0 Å². The van der Waals surface area contributed by atoms with Crippen LogP contribution in [-0.4, -0.2) is 63.8 Å². The topological polar surface area (TPSA) is 121 Å². The largest absolute Gasteiger partial charge is 0.481 e. The third-order valence-corrected chi connectivity index (χ3v) is 9.33. The lowest BCUT2D eigenvalue weighted by Crippen LogP contribution is -2.56. The van der Waals surface area contributed by atoms with Gasteiger partial charge in [0.05, 0.1) is 21.8 Å². The molecule has 0 radical (unpaired) electrons. The average molecular weight is 506 g/mol. The molecule has 1 aromatic carbocycles. The summed E-state index contributed by atoms with van der Waals surface area (Å²) in [6.07, 6.45) is 3.58. The molecule has 1 saturated heterocycles. The molecular formula is C23H24ClN3O6S. The quantitative estimate of drug-likeness (QED) is 0.497. The van der Waals surface area contributed by atoms with E-state index in [4.69, 9.17) is 11.6 Å². The van der Waals surface area contributed by atoms with Crippen LogP contribution < -0.4 is 0 Å². The molecule has 0 spiro atoms. The van der Waals surface area contributed by atoms with Crippen molar-refractivity contribution in [1.29, 1.82) is 0 Å². The Balaban J connectivity index is 1.28. The lowest BCUT2D eigenvalue weighted by molar-refractivity contribution is -0.384. The van der Waals surface area contributed by atoms with E-state index in [2.05, 4.69) is 0 Å². The smallest absolute Gasteiger partial charge is 0.307 e. The number of piperazine rings is 1. The van der Waals surface area contributed by atoms with Crippen molar-refractivity contribution in [2.45, 2.75) is 25.7 Å². The van der Waals surface area contributed by atoms with E-state index in [0.29, 0.717) is 41.1 Å². The molecule has 1 N–H and O–H groups in total. The predicted molar refractivity (Wildman–Crippen MR) is 126 cm³/mol. The van der Waals surface area contributed by atoms with E-state index in [0.717, 1.165) is 37.0 Å². The normalized spacial score (nSPS) is 26.6. The number of rotatable bonds is 4. The number of non-ortho nitro benzene ring substituents is 1. The first-order valence-electron chi connectivity index (χ1n) is 11.4. The summed E-state index contributed by atoms with van der Waals surface area (Å²) in [4.78, 5) is 52.7. The van der Waals surface area contributed by atoms with E-state index in [-0.39, 0.29) is 34.4 Å². The number of aliphatic carboxylic acids is 1. The highest BCUT2D eigenvalue weighted by atomic mass is 35.5. The lowest BCUT2D eigenvalue weighted by atomic mass is 9.58. The van der Waals surface area contributed by atoms with Crippen LogP contribution in [-0.2, 0) is 9.59 Å². The molecule has 0 unspecified atom stereocenters. The van der Waals surface area contributed by atoms with Crippen molar-refractivity contribution in [3.05, 3.63) is 38.2 Å². The number of benzene rings is 1. The second kappa shape index (κ2) is 8.81. The molecule has 1 aliphatic heterocycles. The van der Waals surface area contributed by atoms with Crippen LogP contribution in [0.3, 0.4) is 0 Å². The molecule has 180 valence electrons. The monoisotopic (exact) mass is 505 g/mol. The zero-order valence-corrected chi connectivity index (χ0v) is 19.9. The van der Waals surface area contributed by atoms with Gasteiger partial charge < -0.3 is 14.9 Å². The summed E-state index contributed by atoms with van der Waals surface area (Å²) < 4.78 is 0.573. The summed E-state index contributed by atoms with van der Waals surface area (Å²) in [5.41, 5.74) is -0.0624. The maximum atomic E-state index is 13.3. The number of nitro groups is 1. The summed E-state index contributed by atoms with van der Waals surface area (Å²) in [6, 6.07) is 4.33. The highest BCUT2D eigenvalue weighted by Crippen LogP contribution is 2.49. The first kappa shape index (κ1) is 23.0. The van der Waals surface area contributed by atoms with Crippen LogP contribution in [0.1, 0.15) is 35.4 Å².